The van der Waals surface area contributed by atoms with Crippen molar-refractivity contribution in [1.82, 2.24) is 0 Å². The molecular weight excluding hydrogens is 420 g/mol. The van der Waals surface area contributed by atoms with Gasteiger partial charge in [-0.1, -0.05) is 61.7 Å². The van der Waals surface area contributed by atoms with E-state index in [4.69, 9.17) is 11.6 Å². The first kappa shape index (κ1) is 15.9. The monoisotopic (exact) mass is 426 g/mol. The molecular formula is C14H8Br2ClF3. The highest BCUT2D eigenvalue weighted by molar-refractivity contribution is 9.10. The van der Waals surface area contributed by atoms with Gasteiger partial charge in [0.1, 0.15) is 0 Å². The highest BCUT2D eigenvalue weighted by atomic mass is 79.9. The average Bonchev–Trinajstić information content (AvgIpc) is 2.38. The maximum atomic E-state index is 12.9. The number of halogens is 6. The first-order chi connectivity index (χ1) is 9.29. The van der Waals surface area contributed by atoms with Crippen LogP contribution in [0.2, 0.25) is 5.02 Å². The molecule has 1 atom stereocenters. The minimum atomic E-state index is -4.39. The van der Waals surface area contributed by atoms with Crippen LogP contribution in [0, 0.1) is 0 Å². The highest BCUT2D eigenvalue weighted by Gasteiger charge is 2.33. The van der Waals surface area contributed by atoms with Crippen molar-refractivity contribution in [3.8, 4) is 0 Å². The molecule has 0 bridgehead atoms. The van der Waals surface area contributed by atoms with E-state index in [0.29, 0.717) is 10.6 Å². The minimum absolute atomic E-state index is 0.0320. The molecule has 0 fully saturated rings. The van der Waals surface area contributed by atoms with E-state index < -0.39 is 11.7 Å². The molecule has 0 saturated carbocycles. The molecule has 0 radical (unpaired) electrons. The molecule has 0 aromatic heterocycles. The highest BCUT2D eigenvalue weighted by Crippen LogP contribution is 2.39. The van der Waals surface area contributed by atoms with E-state index in [-0.39, 0.29) is 9.30 Å². The van der Waals surface area contributed by atoms with Gasteiger partial charge in [0.15, 0.2) is 0 Å². The van der Waals surface area contributed by atoms with Crippen LogP contribution < -0.4 is 0 Å². The standard InChI is InChI=1S/C14H8Br2ClF3/c15-12-6-3-9(7-11(12)14(18,19)20)13(16)8-1-4-10(17)5-2-8/h1-7,13H. The van der Waals surface area contributed by atoms with Crippen LogP contribution >= 0.6 is 43.5 Å². The summed E-state index contributed by atoms with van der Waals surface area (Å²) in [5.74, 6) is 0. The predicted molar refractivity (Wildman–Crippen MR) is 81.4 cm³/mol. The predicted octanol–water partition coefficient (Wildman–Crippen LogP) is 6.61. The van der Waals surface area contributed by atoms with Crippen molar-refractivity contribution in [3.63, 3.8) is 0 Å². The number of hydrogen-bond acceptors (Lipinski definition) is 0. The third-order valence-corrected chi connectivity index (χ3v) is 4.75. The van der Waals surface area contributed by atoms with E-state index in [9.17, 15) is 13.2 Å². The zero-order valence-electron chi connectivity index (χ0n) is 9.89. The van der Waals surface area contributed by atoms with Gasteiger partial charge in [0.2, 0.25) is 0 Å². The molecule has 2 aromatic carbocycles. The molecule has 1 unspecified atom stereocenters. The summed E-state index contributed by atoms with van der Waals surface area (Å²) in [4.78, 5) is -0.325. The zero-order chi connectivity index (χ0) is 14.9. The van der Waals surface area contributed by atoms with Crippen molar-refractivity contribution >= 4 is 43.5 Å². The van der Waals surface area contributed by atoms with Crippen LogP contribution in [0.5, 0.6) is 0 Å². The molecule has 0 amide bonds. The summed E-state index contributed by atoms with van der Waals surface area (Å²) in [7, 11) is 0. The number of rotatable bonds is 2. The quantitative estimate of drug-likeness (QED) is 0.473. The normalized spacial score (nSPS) is 13.3. The summed E-state index contributed by atoms with van der Waals surface area (Å²) in [5, 5.41) is 0.584. The van der Waals surface area contributed by atoms with E-state index >= 15 is 0 Å². The van der Waals surface area contributed by atoms with Gasteiger partial charge in [0.05, 0.1) is 10.4 Å². The second-order valence-corrected chi connectivity index (χ2v) is 6.36. The van der Waals surface area contributed by atoms with Crippen LogP contribution in [-0.2, 0) is 6.18 Å². The van der Waals surface area contributed by atoms with Gasteiger partial charge >= 0.3 is 6.18 Å². The second kappa shape index (κ2) is 6.08. The van der Waals surface area contributed by atoms with Gasteiger partial charge < -0.3 is 0 Å². The molecule has 0 N–H and O–H groups in total. The largest absolute Gasteiger partial charge is 0.417 e. The van der Waals surface area contributed by atoms with Gasteiger partial charge in [-0.25, -0.2) is 0 Å². The topological polar surface area (TPSA) is 0 Å². The minimum Gasteiger partial charge on any atom is -0.166 e. The average molecular weight is 428 g/mol. The molecule has 0 saturated heterocycles. The van der Waals surface area contributed by atoms with Crippen molar-refractivity contribution in [1.29, 1.82) is 0 Å². The molecule has 0 aliphatic carbocycles. The lowest BCUT2D eigenvalue weighted by Crippen LogP contribution is -2.07. The lowest BCUT2D eigenvalue weighted by Gasteiger charge is -2.15. The van der Waals surface area contributed by atoms with E-state index in [1.54, 1.807) is 30.3 Å². The molecule has 0 spiro atoms. The van der Waals surface area contributed by atoms with Crippen molar-refractivity contribution in [2.45, 2.75) is 11.0 Å². The summed E-state index contributed by atoms with van der Waals surface area (Å²) < 4.78 is 38.7. The Labute approximate surface area is 136 Å². The molecule has 0 nitrogen and oxygen atoms in total. The summed E-state index contributed by atoms with van der Waals surface area (Å²) in [6.07, 6.45) is -4.39. The lowest BCUT2D eigenvalue weighted by molar-refractivity contribution is -0.138. The van der Waals surface area contributed by atoms with Gasteiger partial charge in [0, 0.05) is 9.50 Å². The van der Waals surface area contributed by atoms with Crippen LogP contribution in [0.1, 0.15) is 21.5 Å². The first-order valence-electron chi connectivity index (χ1n) is 5.55. The summed E-state index contributed by atoms with van der Waals surface area (Å²) in [6, 6.07) is 11.1. The number of hydrogen-bond donors (Lipinski definition) is 0. The molecule has 6 heteroatoms. The lowest BCUT2D eigenvalue weighted by atomic mass is 10.0. The molecule has 0 aliphatic heterocycles. The Bertz CT molecular complexity index is 609. The number of alkyl halides is 4. The summed E-state index contributed by atoms with van der Waals surface area (Å²) >= 11 is 12.1. The molecule has 2 rings (SSSR count). The van der Waals surface area contributed by atoms with E-state index in [0.717, 1.165) is 11.6 Å². The van der Waals surface area contributed by atoms with Crippen molar-refractivity contribution < 1.29 is 13.2 Å². The van der Waals surface area contributed by atoms with Crippen molar-refractivity contribution in [2.75, 3.05) is 0 Å². The first-order valence-corrected chi connectivity index (χ1v) is 7.64. The SMILES string of the molecule is FC(F)(F)c1cc(C(Br)c2ccc(Cl)cc2)ccc1Br. The fraction of sp³-hybridized carbons (Fsp3) is 0.143. The van der Waals surface area contributed by atoms with Crippen LogP contribution in [0.15, 0.2) is 46.9 Å². The van der Waals surface area contributed by atoms with E-state index in [1.807, 2.05) is 0 Å². The van der Waals surface area contributed by atoms with Gasteiger partial charge in [0.25, 0.3) is 0 Å². The fourth-order valence-electron chi connectivity index (χ4n) is 1.74. The van der Waals surface area contributed by atoms with Crippen LogP contribution in [-0.4, -0.2) is 0 Å². The van der Waals surface area contributed by atoms with Gasteiger partial charge in [-0.05, 0) is 35.4 Å². The molecule has 20 heavy (non-hydrogen) atoms. The van der Waals surface area contributed by atoms with Crippen LogP contribution in [0.4, 0.5) is 13.2 Å². The van der Waals surface area contributed by atoms with Gasteiger partial charge in [-0.15, -0.1) is 0 Å². The Kier molecular flexibility index (Phi) is 4.82. The fourth-order valence-corrected chi connectivity index (χ4v) is 2.93. The Morgan fingerprint density at radius 3 is 2.05 bits per heavy atom. The third-order valence-electron chi connectivity index (χ3n) is 2.75. The van der Waals surface area contributed by atoms with Crippen LogP contribution in [0.3, 0.4) is 0 Å². The molecule has 0 heterocycles. The molecule has 0 aliphatic rings. The van der Waals surface area contributed by atoms with E-state index in [1.165, 1.54) is 6.07 Å². The maximum absolute atomic E-state index is 12.9. The molecule has 2 aromatic rings. The van der Waals surface area contributed by atoms with Gasteiger partial charge in [-0.3, -0.25) is 0 Å². The maximum Gasteiger partial charge on any atom is 0.417 e. The summed E-state index contributed by atoms with van der Waals surface area (Å²) in [5.41, 5.74) is 0.682. The Balaban J connectivity index is 2.40. The zero-order valence-corrected chi connectivity index (χ0v) is 13.8. The Morgan fingerprint density at radius 2 is 1.50 bits per heavy atom. The van der Waals surface area contributed by atoms with Crippen LogP contribution in [0.25, 0.3) is 0 Å². The van der Waals surface area contributed by atoms with Crippen molar-refractivity contribution in [2.24, 2.45) is 0 Å². The smallest absolute Gasteiger partial charge is 0.166 e. The second-order valence-electron chi connectivity index (χ2n) is 4.15. The number of benzene rings is 2. The summed E-state index contributed by atoms with van der Waals surface area (Å²) in [6.45, 7) is 0. The van der Waals surface area contributed by atoms with Crippen molar-refractivity contribution in [3.05, 3.63) is 68.7 Å². The Hall–Kier alpha value is -0.520. The molecule has 106 valence electrons. The van der Waals surface area contributed by atoms with Gasteiger partial charge in [-0.2, -0.15) is 13.2 Å². The Morgan fingerprint density at radius 1 is 0.950 bits per heavy atom. The van der Waals surface area contributed by atoms with E-state index in [2.05, 4.69) is 31.9 Å². The third kappa shape index (κ3) is 3.57.